The van der Waals surface area contributed by atoms with Crippen LogP contribution < -0.4 is 0 Å². The van der Waals surface area contributed by atoms with Gasteiger partial charge in [-0.15, -0.1) is 0 Å². The number of carbonyl (C=O) groups excluding carboxylic acids is 2. The van der Waals surface area contributed by atoms with Crippen molar-refractivity contribution in [3.05, 3.63) is 35.4 Å². The van der Waals surface area contributed by atoms with Crippen LogP contribution >= 0.6 is 0 Å². The molecule has 0 aromatic heterocycles. The maximum atomic E-state index is 12.7. The van der Waals surface area contributed by atoms with Crippen LogP contribution in [0.4, 0.5) is 0 Å². The van der Waals surface area contributed by atoms with E-state index in [1.54, 1.807) is 4.90 Å². The van der Waals surface area contributed by atoms with Crippen LogP contribution in [0.3, 0.4) is 0 Å². The highest BCUT2D eigenvalue weighted by atomic mass is 16.2. The van der Waals surface area contributed by atoms with Crippen LogP contribution in [-0.4, -0.2) is 41.2 Å². The van der Waals surface area contributed by atoms with Crippen LogP contribution in [0.1, 0.15) is 51.2 Å². The van der Waals surface area contributed by atoms with Gasteiger partial charge in [0.15, 0.2) is 0 Å². The molecule has 2 amide bonds. The van der Waals surface area contributed by atoms with Crippen molar-refractivity contribution in [3.63, 3.8) is 0 Å². The number of rotatable bonds is 7. The molecule has 0 fully saturated rings. The van der Waals surface area contributed by atoms with Crippen molar-refractivity contribution in [3.8, 4) is 0 Å². The molecule has 0 N–H and O–H groups in total. The summed E-state index contributed by atoms with van der Waals surface area (Å²) in [7, 11) is 0. The molecular formula is C20H30N2O2. The first kappa shape index (κ1) is 18.5. The molecule has 0 saturated heterocycles. The van der Waals surface area contributed by atoms with E-state index in [9.17, 15) is 9.59 Å². The first-order valence-electron chi connectivity index (χ1n) is 9.16. The van der Waals surface area contributed by atoms with Crippen molar-refractivity contribution in [2.75, 3.05) is 19.6 Å². The van der Waals surface area contributed by atoms with Gasteiger partial charge in [-0.25, -0.2) is 0 Å². The summed E-state index contributed by atoms with van der Waals surface area (Å²) >= 11 is 0. The fourth-order valence-electron chi connectivity index (χ4n) is 3.16. The second kappa shape index (κ2) is 8.86. The first-order valence-corrected chi connectivity index (χ1v) is 9.16. The molecule has 24 heavy (non-hydrogen) atoms. The first-order chi connectivity index (χ1) is 11.5. The van der Waals surface area contributed by atoms with Crippen molar-refractivity contribution < 1.29 is 9.59 Å². The average Bonchev–Trinajstić information content (AvgIpc) is 2.59. The maximum absolute atomic E-state index is 12.7. The van der Waals surface area contributed by atoms with Gasteiger partial charge in [-0.2, -0.15) is 0 Å². The molecule has 132 valence electrons. The van der Waals surface area contributed by atoms with Gasteiger partial charge in [-0.3, -0.25) is 9.59 Å². The summed E-state index contributed by atoms with van der Waals surface area (Å²) in [4.78, 5) is 28.8. The molecule has 1 aromatic carbocycles. The number of nitrogens with zero attached hydrogens (tertiary/aromatic N) is 2. The second-order valence-electron chi connectivity index (χ2n) is 6.96. The summed E-state index contributed by atoms with van der Waals surface area (Å²) in [6.07, 6.45) is 4.06. The normalized spacial score (nSPS) is 13.8. The van der Waals surface area contributed by atoms with Gasteiger partial charge in [0, 0.05) is 25.6 Å². The van der Waals surface area contributed by atoms with Gasteiger partial charge in [-0.1, -0.05) is 57.9 Å². The van der Waals surface area contributed by atoms with Gasteiger partial charge < -0.3 is 9.80 Å². The van der Waals surface area contributed by atoms with E-state index >= 15 is 0 Å². The number of fused-ring (bicyclic) bond motifs is 1. The molecule has 1 aromatic rings. The third kappa shape index (κ3) is 4.83. The Morgan fingerprint density at radius 2 is 1.88 bits per heavy atom. The van der Waals surface area contributed by atoms with Crippen LogP contribution in [-0.2, 0) is 22.6 Å². The molecule has 4 heteroatoms. The zero-order valence-corrected chi connectivity index (χ0v) is 15.3. The van der Waals surface area contributed by atoms with E-state index in [1.165, 1.54) is 11.1 Å². The summed E-state index contributed by atoms with van der Waals surface area (Å²) < 4.78 is 0. The van der Waals surface area contributed by atoms with E-state index in [-0.39, 0.29) is 24.3 Å². The zero-order chi connectivity index (χ0) is 17.5. The Hall–Kier alpha value is -1.84. The van der Waals surface area contributed by atoms with Crippen LogP contribution in [0.15, 0.2) is 24.3 Å². The lowest BCUT2D eigenvalue weighted by Gasteiger charge is -2.32. The summed E-state index contributed by atoms with van der Waals surface area (Å²) in [6, 6.07) is 8.29. The SMILES string of the molecule is CCCCCN(CC(=O)N1CCc2ccccc2C1)C(=O)C(C)C. The van der Waals surface area contributed by atoms with Crippen molar-refractivity contribution in [2.45, 2.75) is 53.0 Å². The Balaban J connectivity index is 1.98. The Kier molecular flexibility index (Phi) is 6.83. The van der Waals surface area contributed by atoms with Crippen molar-refractivity contribution >= 4 is 11.8 Å². The van der Waals surface area contributed by atoms with Crippen molar-refractivity contribution in [2.24, 2.45) is 5.92 Å². The molecule has 2 rings (SSSR count). The van der Waals surface area contributed by atoms with Crippen LogP contribution in [0.5, 0.6) is 0 Å². The van der Waals surface area contributed by atoms with E-state index in [0.717, 1.165) is 32.2 Å². The van der Waals surface area contributed by atoms with Crippen LogP contribution in [0.2, 0.25) is 0 Å². The lowest BCUT2D eigenvalue weighted by atomic mass is 10.00. The minimum Gasteiger partial charge on any atom is -0.336 e. The van der Waals surface area contributed by atoms with Crippen molar-refractivity contribution in [1.29, 1.82) is 0 Å². The summed E-state index contributed by atoms with van der Waals surface area (Å²) in [5.41, 5.74) is 2.56. The van der Waals surface area contributed by atoms with Gasteiger partial charge in [0.25, 0.3) is 0 Å². The molecule has 0 spiro atoms. The molecule has 0 aliphatic carbocycles. The van der Waals surface area contributed by atoms with E-state index in [1.807, 2.05) is 30.9 Å². The Morgan fingerprint density at radius 3 is 2.54 bits per heavy atom. The van der Waals surface area contributed by atoms with E-state index in [0.29, 0.717) is 13.1 Å². The van der Waals surface area contributed by atoms with Gasteiger partial charge in [0.05, 0.1) is 6.54 Å². The predicted molar refractivity (Wildman–Crippen MR) is 96.5 cm³/mol. The molecule has 1 aliphatic heterocycles. The average molecular weight is 330 g/mol. The minimum atomic E-state index is -0.0680. The molecular weight excluding hydrogens is 300 g/mol. The van der Waals surface area contributed by atoms with Gasteiger partial charge in [-0.05, 0) is 24.0 Å². The third-order valence-electron chi connectivity index (χ3n) is 4.65. The second-order valence-corrected chi connectivity index (χ2v) is 6.96. The quantitative estimate of drug-likeness (QED) is 0.720. The van der Waals surface area contributed by atoms with E-state index in [2.05, 4.69) is 19.1 Å². The Bertz CT molecular complexity index is 569. The van der Waals surface area contributed by atoms with Crippen molar-refractivity contribution in [1.82, 2.24) is 9.80 Å². The molecule has 0 bridgehead atoms. The number of benzene rings is 1. The molecule has 1 heterocycles. The zero-order valence-electron chi connectivity index (χ0n) is 15.3. The van der Waals surface area contributed by atoms with Gasteiger partial charge in [0.2, 0.25) is 11.8 Å². The fourth-order valence-corrected chi connectivity index (χ4v) is 3.16. The highest BCUT2D eigenvalue weighted by molar-refractivity contribution is 5.85. The maximum Gasteiger partial charge on any atom is 0.242 e. The number of amides is 2. The smallest absolute Gasteiger partial charge is 0.242 e. The Morgan fingerprint density at radius 1 is 1.17 bits per heavy atom. The summed E-state index contributed by atoms with van der Waals surface area (Å²) in [5, 5.41) is 0. The number of unbranched alkanes of at least 4 members (excludes halogenated alkanes) is 2. The third-order valence-corrected chi connectivity index (χ3v) is 4.65. The molecule has 0 atom stereocenters. The van der Waals surface area contributed by atoms with Gasteiger partial charge >= 0.3 is 0 Å². The highest BCUT2D eigenvalue weighted by Gasteiger charge is 2.25. The largest absolute Gasteiger partial charge is 0.336 e. The van der Waals surface area contributed by atoms with Gasteiger partial charge in [0.1, 0.15) is 0 Å². The summed E-state index contributed by atoms with van der Waals surface area (Å²) in [6.45, 7) is 8.24. The molecule has 0 unspecified atom stereocenters. The summed E-state index contributed by atoms with van der Waals surface area (Å²) in [5.74, 6) is 0.0772. The lowest BCUT2D eigenvalue weighted by molar-refractivity contribution is -0.142. The Labute approximate surface area is 145 Å². The monoisotopic (exact) mass is 330 g/mol. The lowest BCUT2D eigenvalue weighted by Crippen LogP contribution is -2.46. The standard InChI is InChI=1S/C20H30N2O2/c1-4-5-8-12-22(20(24)16(2)3)15-19(23)21-13-11-17-9-6-7-10-18(17)14-21/h6-7,9-10,16H,4-5,8,11-15H2,1-3H3. The van der Waals surface area contributed by atoms with Crippen LogP contribution in [0, 0.1) is 5.92 Å². The highest BCUT2D eigenvalue weighted by Crippen LogP contribution is 2.19. The molecule has 0 radical (unpaired) electrons. The van der Waals surface area contributed by atoms with E-state index in [4.69, 9.17) is 0 Å². The molecule has 4 nitrogen and oxygen atoms in total. The fraction of sp³-hybridized carbons (Fsp3) is 0.600. The molecule has 1 aliphatic rings. The number of hydrogen-bond acceptors (Lipinski definition) is 2. The minimum absolute atomic E-state index is 0.0648. The molecule has 0 saturated carbocycles. The predicted octanol–water partition coefficient (Wildman–Crippen LogP) is 3.25. The van der Waals surface area contributed by atoms with Crippen LogP contribution in [0.25, 0.3) is 0 Å². The number of carbonyl (C=O) groups is 2. The number of hydrogen-bond donors (Lipinski definition) is 0. The topological polar surface area (TPSA) is 40.6 Å². The van der Waals surface area contributed by atoms with E-state index < -0.39 is 0 Å².